The monoisotopic (exact) mass is 405 g/mol. The molecule has 0 aliphatic carbocycles. The van der Waals surface area contributed by atoms with Crippen LogP contribution >= 0.6 is 0 Å². The van der Waals surface area contributed by atoms with E-state index in [0.29, 0.717) is 18.7 Å². The smallest absolute Gasteiger partial charge is 0.270 e. The van der Waals surface area contributed by atoms with Crippen LogP contribution in [0.2, 0.25) is 0 Å². The average Bonchev–Trinajstić information content (AvgIpc) is 2.67. The van der Waals surface area contributed by atoms with Crippen LogP contribution in [0.25, 0.3) is 0 Å². The van der Waals surface area contributed by atoms with Crippen molar-refractivity contribution in [2.45, 2.75) is 31.6 Å². The van der Waals surface area contributed by atoms with E-state index in [1.54, 1.807) is 17.0 Å². The van der Waals surface area contributed by atoms with Crippen molar-refractivity contribution >= 4 is 27.3 Å². The second-order valence-electron chi connectivity index (χ2n) is 6.23. The topological polar surface area (TPSA) is 110 Å². The first-order valence-corrected chi connectivity index (χ1v) is 10.4. The number of nitro benzene ring substituents is 1. The Labute approximate surface area is 164 Å². The second-order valence-corrected chi connectivity index (χ2v) is 7.91. The molecular weight excluding hydrogens is 382 g/mol. The van der Waals surface area contributed by atoms with Crippen LogP contribution in [0.1, 0.15) is 37.0 Å². The summed E-state index contributed by atoms with van der Waals surface area (Å²) in [6, 6.07) is 10.9. The van der Waals surface area contributed by atoms with Crippen molar-refractivity contribution < 1.29 is 18.1 Å². The maximum atomic E-state index is 12.6. The zero-order chi connectivity index (χ0) is 20.7. The maximum Gasteiger partial charge on any atom is 0.270 e. The third kappa shape index (κ3) is 5.29. The van der Waals surface area contributed by atoms with Gasteiger partial charge in [-0.3, -0.25) is 19.6 Å². The molecule has 0 fully saturated rings. The summed E-state index contributed by atoms with van der Waals surface area (Å²) in [4.78, 5) is 24.3. The Balaban J connectivity index is 2.18. The van der Waals surface area contributed by atoms with Gasteiger partial charge < -0.3 is 4.90 Å². The molecule has 0 saturated carbocycles. The van der Waals surface area contributed by atoms with E-state index in [1.165, 1.54) is 30.3 Å². The molecule has 0 aliphatic heterocycles. The summed E-state index contributed by atoms with van der Waals surface area (Å²) >= 11 is 0. The zero-order valence-corrected chi connectivity index (χ0v) is 16.6. The van der Waals surface area contributed by atoms with Gasteiger partial charge in [0.2, 0.25) is 0 Å². The van der Waals surface area contributed by atoms with Crippen molar-refractivity contribution in [2.24, 2.45) is 0 Å². The summed E-state index contributed by atoms with van der Waals surface area (Å²) in [5.74, 6) is -0.100. The third-order valence-electron chi connectivity index (χ3n) is 4.00. The van der Waals surface area contributed by atoms with Crippen LogP contribution in [-0.2, 0) is 10.0 Å². The Morgan fingerprint density at radius 2 is 1.68 bits per heavy atom. The number of benzene rings is 2. The number of anilines is 1. The molecule has 150 valence electrons. The van der Waals surface area contributed by atoms with Crippen molar-refractivity contribution in [3.05, 3.63) is 64.2 Å². The summed E-state index contributed by atoms with van der Waals surface area (Å²) in [6.07, 6.45) is 1.71. The van der Waals surface area contributed by atoms with E-state index >= 15 is 0 Å². The van der Waals surface area contributed by atoms with Gasteiger partial charge in [-0.1, -0.05) is 19.9 Å². The fraction of sp³-hybridized carbons (Fsp3) is 0.316. The Morgan fingerprint density at radius 3 is 2.21 bits per heavy atom. The van der Waals surface area contributed by atoms with Crippen LogP contribution in [0.5, 0.6) is 0 Å². The first kappa shape index (κ1) is 21.4. The Hall–Kier alpha value is -2.94. The molecule has 1 N–H and O–H groups in total. The first-order chi connectivity index (χ1) is 13.3. The van der Waals surface area contributed by atoms with Gasteiger partial charge in [0, 0.05) is 36.5 Å². The lowest BCUT2D eigenvalue weighted by Gasteiger charge is -2.21. The number of nitro groups is 1. The van der Waals surface area contributed by atoms with Crippen LogP contribution in [0, 0.1) is 10.1 Å². The highest BCUT2D eigenvalue weighted by molar-refractivity contribution is 7.92. The fourth-order valence-corrected chi connectivity index (χ4v) is 3.79. The number of amides is 1. The summed E-state index contributed by atoms with van der Waals surface area (Å²) in [6.45, 7) is 5.32. The van der Waals surface area contributed by atoms with Gasteiger partial charge in [-0.05, 0) is 43.2 Å². The molecule has 8 nitrogen and oxygen atoms in total. The Bertz CT molecular complexity index is 936. The molecule has 0 atom stereocenters. The molecule has 0 spiro atoms. The lowest BCUT2D eigenvalue weighted by atomic mass is 10.1. The first-order valence-electron chi connectivity index (χ1n) is 8.95. The second kappa shape index (κ2) is 9.32. The van der Waals surface area contributed by atoms with Crippen LogP contribution < -0.4 is 4.72 Å². The predicted molar refractivity (Wildman–Crippen MR) is 107 cm³/mol. The number of sulfonamides is 1. The minimum absolute atomic E-state index is 0.100. The van der Waals surface area contributed by atoms with E-state index in [1.807, 2.05) is 13.8 Å². The molecule has 28 heavy (non-hydrogen) atoms. The molecule has 0 aromatic heterocycles. The molecule has 1 amide bonds. The Morgan fingerprint density at radius 1 is 1.07 bits per heavy atom. The molecule has 0 radical (unpaired) electrons. The largest absolute Gasteiger partial charge is 0.339 e. The van der Waals surface area contributed by atoms with Gasteiger partial charge in [-0.25, -0.2) is 8.42 Å². The SMILES string of the molecule is CCCN(CCC)C(=O)c1ccc(NS(=O)(=O)c2cccc([N+](=O)[O-])c2)cc1. The number of rotatable bonds is 9. The van der Waals surface area contributed by atoms with Crippen molar-refractivity contribution in [1.82, 2.24) is 4.90 Å². The van der Waals surface area contributed by atoms with Gasteiger partial charge in [0.25, 0.3) is 21.6 Å². The van der Waals surface area contributed by atoms with Crippen molar-refractivity contribution in [1.29, 1.82) is 0 Å². The zero-order valence-electron chi connectivity index (χ0n) is 15.8. The molecule has 0 unspecified atom stereocenters. The standard InChI is InChI=1S/C19H23N3O5S/c1-3-12-21(13-4-2)19(23)15-8-10-16(11-9-15)20-28(26,27)18-7-5-6-17(14-18)22(24)25/h5-11,14,20H,3-4,12-13H2,1-2H3. The molecule has 0 bridgehead atoms. The molecule has 0 heterocycles. The fourth-order valence-electron chi connectivity index (χ4n) is 2.70. The number of hydrogen-bond acceptors (Lipinski definition) is 5. The van der Waals surface area contributed by atoms with E-state index in [0.717, 1.165) is 18.9 Å². The van der Waals surface area contributed by atoms with Crippen molar-refractivity contribution in [3.63, 3.8) is 0 Å². The van der Waals surface area contributed by atoms with E-state index in [4.69, 9.17) is 0 Å². The summed E-state index contributed by atoms with van der Waals surface area (Å²) in [5, 5.41) is 10.8. The average molecular weight is 405 g/mol. The molecule has 0 saturated heterocycles. The number of nitrogens with zero attached hydrogens (tertiary/aromatic N) is 2. The van der Waals surface area contributed by atoms with Crippen molar-refractivity contribution in [3.8, 4) is 0 Å². The number of non-ortho nitro benzene ring substituents is 1. The maximum absolute atomic E-state index is 12.6. The van der Waals surface area contributed by atoms with Gasteiger partial charge in [-0.15, -0.1) is 0 Å². The van der Waals surface area contributed by atoms with E-state index in [2.05, 4.69) is 4.72 Å². The predicted octanol–water partition coefficient (Wildman–Crippen LogP) is 3.66. The number of hydrogen-bond donors (Lipinski definition) is 1. The van der Waals surface area contributed by atoms with Gasteiger partial charge in [0.05, 0.1) is 9.82 Å². The van der Waals surface area contributed by atoms with Crippen LogP contribution in [0.3, 0.4) is 0 Å². The lowest BCUT2D eigenvalue weighted by molar-refractivity contribution is -0.385. The number of carbonyl (C=O) groups excluding carboxylic acids is 1. The van der Waals surface area contributed by atoms with Crippen molar-refractivity contribution in [2.75, 3.05) is 17.8 Å². The van der Waals surface area contributed by atoms with Crippen LogP contribution in [0.15, 0.2) is 53.4 Å². The highest BCUT2D eigenvalue weighted by atomic mass is 32.2. The third-order valence-corrected chi connectivity index (χ3v) is 5.38. The van der Waals surface area contributed by atoms with Crippen LogP contribution in [0.4, 0.5) is 11.4 Å². The molecule has 2 rings (SSSR count). The minimum Gasteiger partial charge on any atom is -0.339 e. The molecule has 2 aromatic rings. The van der Waals surface area contributed by atoms with E-state index < -0.39 is 14.9 Å². The van der Waals surface area contributed by atoms with E-state index in [9.17, 15) is 23.3 Å². The van der Waals surface area contributed by atoms with Gasteiger partial charge in [0.1, 0.15) is 0 Å². The quantitative estimate of drug-likeness (QED) is 0.506. The highest BCUT2D eigenvalue weighted by Crippen LogP contribution is 2.21. The molecular formula is C19H23N3O5S. The Kier molecular flexibility index (Phi) is 7.11. The summed E-state index contributed by atoms with van der Waals surface area (Å²) in [5.41, 5.74) is 0.427. The molecule has 9 heteroatoms. The van der Waals surface area contributed by atoms with Gasteiger partial charge in [0.15, 0.2) is 0 Å². The normalized spacial score (nSPS) is 11.1. The van der Waals surface area contributed by atoms with Crippen LogP contribution in [-0.4, -0.2) is 37.2 Å². The number of nitrogens with one attached hydrogen (secondary N) is 1. The molecule has 2 aromatic carbocycles. The summed E-state index contributed by atoms with van der Waals surface area (Å²) in [7, 11) is -3.99. The molecule has 0 aliphatic rings. The summed E-state index contributed by atoms with van der Waals surface area (Å²) < 4.78 is 27.3. The lowest BCUT2D eigenvalue weighted by Crippen LogP contribution is -2.32. The van der Waals surface area contributed by atoms with E-state index in [-0.39, 0.29) is 22.2 Å². The number of carbonyl (C=O) groups is 1. The highest BCUT2D eigenvalue weighted by Gasteiger charge is 2.19. The van der Waals surface area contributed by atoms with Gasteiger partial charge >= 0.3 is 0 Å². The minimum atomic E-state index is -3.99. The van der Waals surface area contributed by atoms with Gasteiger partial charge in [-0.2, -0.15) is 0 Å².